The highest BCUT2D eigenvalue weighted by Gasteiger charge is 2.17. The molecule has 1 heterocycles. The van der Waals surface area contributed by atoms with Crippen molar-refractivity contribution in [1.29, 1.82) is 0 Å². The van der Waals surface area contributed by atoms with Crippen LogP contribution in [0.4, 0.5) is 4.39 Å². The summed E-state index contributed by atoms with van der Waals surface area (Å²) in [5.41, 5.74) is 2.20. The molecule has 0 atom stereocenters. The van der Waals surface area contributed by atoms with E-state index in [0.29, 0.717) is 17.4 Å². The van der Waals surface area contributed by atoms with E-state index in [2.05, 4.69) is 10.3 Å². The first-order valence-corrected chi connectivity index (χ1v) is 9.81. The van der Waals surface area contributed by atoms with Crippen molar-refractivity contribution < 1.29 is 18.4 Å². The Morgan fingerprint density at radius 3 is 2.64 bits per heavy atom. The summed E-state index contributed by atoms with van der Waals surface area (Å²) >= 11 is 1.20. The molecule has 2 amide bonds. The molecule has 2 aromatic carbocycles. The van der Waals surface area contributed by atoms with Crippen molar-refractivity contribution in [3.05, 3.63) is 59.9 Å². The van der Waals surface area contributed by atoms with Gasteiger partial charge in [0.25, 0.3) is 5.22 Å². The summed E-state index contributed by atoms with van der Waals surface area (Å²) in [5, 5.41) is 3.16. The molecule has 0 saturated heterocycles. The monoisotopic (exact) mass is 401 g/mol. The maximum Gasteiger partial charge on any atom is 0.257 e. The molecule has 3 rings (SSSR count). The second-order valence-electron chi connectivity index (χ2n) is 6.05. The molecule has 0 unspecified atom stereocenters. The van der Waals surface area contributed by atoms with Crippen molar-refractivity contribution in [3.8, 4) is 0 Å². The van der Waals surface area contributed by atoms with E-state index in [1.807, 2.05) is 31.2 Å². The number of para-hydroxylation sites is 2. The summed E-state index contributed by atoms with van der Waals surface area (Å²) in [4.78, 5) is 30.3. The lowest BCUT2D eigenvalue weighted by molar-refractivity contribution is -0.133. The van der Waals surface area contributed by atoms with Gasteiger partial charge >= 0.3 is 0 Å². The molecular formula is C20H20FN3O3S. The highest BCUT2D eigenvalue weighted by Crippen LogP contribution is 2.23. The number of carbonyl (C=O) groups excluding carboxylic acids is 2. The van der Waals surface area contributed by atoms with Gasteiger partial charge in [-0.3, -0.25) is 9.59 Å². The van der Waals surface area contributed by atoms with Gasteiger partial charge in [0.1, 0.15) is 11.3 Å². The molecule has 0 aliphatic rings. The number of fused-ring (bicyclic) bond motifs is 1. The molecule has 0 saturated carbocycles. The normalized spacial score (nSPS) is 10.8. The topological polar surface area (TPSA) is 75.4 Å². The number of likely N-dealkylation sites (N-methyl/N-ethyl adjacent to an activating group) is 1. The fourth-order valence-corrected chi connectivity index (χ4v) is 3.28. The molecule has 0 bridgehead atoms. The van der Waals surface area contributed by atoms with Crippen LogP contribution < -0.4 is 5.32 Å². The minimum Gasteiger partial charge on any atom is -0.431 e. The molecule has 0 radical (unpaired) electrons. The third kappa shape index (κ3) is 5.32. The van der Waals surface area contributed by atoms with Crippen LogP contribution in [-0.4, -0.2) is 40.5 Å². The maximum absolute atomic E-state index is 12.9. The SMILES string of the molecule is CCN(CC(=O)NCc1ccc(F)cc1)C(=O)CSc1nc2ccccc2o1. The van der Waals surface area contributed by atoms with E-state index in [-0.39, 0.29) is 36.5 Å². The molecule has 3 aromatic rings. The lowest BCUT2D eigenvalue weighted by Crippen LogP contribution is -2.41. The second-order valence-corrected chi connectivity index (χ2v) is 6.97. The van der Waals surface area contributed by atoms with Crippen LogP contribution in [0.1, 0.15) is 12.5 Å². The summed E-state index contributed by atoms with van der Waals surface area (Å²) in [6, 6.07) is 13.3. The van der Waals surface area contributed by atoms with Crippen molar-refractivity contribution in [1.82, 2.24) is 15.2 Å². The Morgan fingerprint density at radius 2 is 1.93 bits per heavy atom. The average molecular weight is 401 g/mol. The number of benzene rings is 2. The van der Waals surface area contributed by atoms with Gasteiger partial charge in [0.05, 0.1) is 12.3 Å². The van der Waals surface area contributed by atoms with E-state index < -0.39 is 0 Å². The van der Waals surface area contributed by atoms with Gasteiger partial charge in [0, 0.05) is 13.1 Å². The summed E-state index contributed by atoms with van der Waals surface area (Å²) in [6.07, 6.45) is 0. The van der Waals surface area contributed by atoms with Crippen molar-refractivity contribution >= 4 is 34.7 Å². The average Bonchev–Trinajstić information content (AvgIpc) is 3.13. The van der Waals surface area contributed by atoms with Crippen molar-refractivity contribution in [2.45, 2.75) is 18.7 Å². The number of hydrogen-bond acceptors (Lipinski definition) is 5. The lowest BCUT2D eigenvalue weighted by atomic mass is 10.2. The van der Waals surface area contributed by atoms with Crippen LogP contribution in [0.3, 0.4) is 0 Å². The van der Waals surface area contributed by atoms with Crippen LogP contribution >= 0.6 is 11.8 Å². The Labute approximate surface area is 166 Å². The first-order chi connectivity index (χ1) is 13.5. The van der Waals surface area contributed by atoms with E-state index in [1.165, 1.54) is 28.8 Å². The minimum absolute atomic E-state index is 0.0371. The van der Waals surface area contributed by atoms with Crippen molar-refractivity contribution in [2.24, 2.45) is 0 Å². The Kier molecular flexibility index (Phi) is 6.65. The minimum atomic E-state index is -0.325. The first-order valence-electron chi connectivity index (χ1n) is 8.82. The van der Waals surface area contributed by atoms with Gasteiger partial charge < -0.3 is 14.6 Å². The number of nitrogens with one attached hydrogen (secondary N) is 1. The third-order valence-electron chi connectivity index (χ3n) is 4.07. The molecule has 6 nitrogen and oxygen atoms in total. The number of rotatable bonds is 8. The second kappa shape index (κ2) is 9.36. The Bertz CT molecular complexity index is 926. The summed E-state index contributed by atoms with van der Waals surface area (Å²) in [7, 11) is 0. The maximum atomic E-state index is 12.9. The quantitative estimate of drug-likeness (QED) is 0.587. The molecule has 1 N–H and O–H groups in total. The van der Waals surface area contributed by atoms with Crippen LogP contribution in [0.2, 0.25) is 0 Å². The summed E-state index contributed by atoms with van der Waals surface area (Å²) in [5.74, 6) is -0.640. The smallest absolute Gasteiger partial charge is 0.257 e. The standard InChI is InChI=1S/C20H20FN3O3S/c1-2-24(12-18(25)22-11-14-7-9-15(21)10-8-14)19(26)13-28-20-23-16-5-3-4-6-17(16)27-20/h3-10H,2,11-13H2,1H3,(H,22,25). The van der Waals surface area contributed by atoms with Gasteiger partial charge in [-0.25, -0.2) is 9.37 Å². The Hall–Kier alpha value is -2.87. The van der Waals surface area contributed by atoms with Crippen LogP contribution in [0.15, 0.2) is 58.2 Å². The van der Waals surface area contributed by atoms with Crippen LogP contribution in [0, 0.1) is 5.82 Å². The molecule has 0 aliphatic carbocycles. The van der Waals surface area contributed by atoms with E-state index in [1.54, 1.807) is 12.1 Å². The summed E-state index contributed by atoms with van der Waals surface area (Å²) in [6.45, 7) is 2.47. The highest BCUT2D eigenvalue weighted by molar-refractivity contribution is 7.99. The van der Waals surface area contributed by atoms with Gasteiger partial charge in [-0.15, -0.1) is 0 Å². The third-order valence-corrected chi connectivity index (χ3v) is 4.88. The number of oxazole rings is 1. The molecule has 0 fully saturated rings. The predicted octanol–water partition coefficient (Wildman–Crippen LogP) is 3.22. The fourth-order valence-electron chi connectivity index (χ4n) is 2.54. The zero-order chi connectivity index (χ0) is 19.9. The van der Waals surface area contributed by atoms with E-state index in [4.69, 9.17) is 4.42 Å². The van der Waals surface area contributed by atoms with Gasteiger partial charge in [-0.05, 0) is 36.8 Å². The van der Waals surface area contributed by atoms with E-state index in [9.17, 15) is 14.0 Å². The van der Waals surface area contributed by atoms with Crippen molar-refractivity contribution in [2.75, 3.05) is 18.8 Å². The summed E-state index contributed by atoms with van der Waals surface area (Å²) < 4.78 is 18.5. The molecular weight excluding hydrogens is 381 g/mol. The van der Waals surface area contributed by atoms with Crippen molar-refractivity contribution in [3.63, 3.8) is 0 Å². The lowest BCUT2D eigenvalue weighted by Gasteiger charge is -2.19. The van der Waals surface area contributed by atoms with Crippen LogP contribution in [0.5, 0.6) is 0 Å². The van der Waals surface area contributed by atoms with Gasteiger partial charge in [-0.1, -0.05) is 36.0 Å². The van der Waals surface area contributed by atoms with Gasteiger partial charge in [0.2, 0.25) is 11.8 Å². The number of nitrogens with zero attached hydrogens (tertiary/aromatic N) is 2. The molecule has 0 spiro atoms. The number of amides is 2. The molecule has 1 aromatic heterocycles. The zero-order valence-electron chi connectivity index (χ0n) is 15.4. The van der Waals surface area contributed by atoms with E-state index >= 15 is 0 Å². The molecule has 146 valence electrons. The Balaban J connectivity index is 1.48. The number of halogens is 1. The highest BCUT2D eigenvalue weighted by atomic mass is 32.2. The van der Waals surface area contributed by atoms with Gasteiger partial charge in [-0.2, -0.15) is 0 Å². The fraction of sp³-hybridized carbons (Fsp3) is 0.250. The van der Waals surface area contributed by atoms with Gasteiger partial charge in [0.15, 0.2) is 5.58 Å². The number of aromatic nitrogens is 1. The Morgan fingerprint density at radius 1 is 1.18 bits per heavy atom. The number of hydrogen-bond donors (Lipinski definition) is 1. The first kappa shape index (κ1) is 19.9. The number of carbonyl (C=O) groups is 2. The predicted molar refractivity (Wildman–Crippen MR) is 105 cm³/mol. The zero-order valence-corrected chi connectivity index (χ0v) is 16.2. The van der Waals surface area contributed by atoms with E-state index in [0.717, 1.165) is 11.1 Å². The molecule has 0 aliphatic heterocycles. The number of thioether (sulfide) groups is 1. The van der Waals surface area contributed by atoms with Crippen LogP contribution in [-0.2, 0) is 16.1 Å². The largest absolute Gasteiger partial charge is 0.431 e. The van der Waals surface area contributed by atoms with Crippen LogP contribution in [0.25, 0.3) is 11.1 Å². The molecule has 8 heteroatoms. The molecule has 28 heavy (non-hydrogen) atoms.